The summed E-state index contributed by atoms with van der Waals surface area (Å²) >= 11 is 4.51. The van der Waals surface area contributed by atoms with Crippen LogP contribution in [0.1, 0.15) is 68.1 Å². The number of nitrogens with zero attached hydrogens (tertiary/aromatic N) is 1. The van der Waals surface area contributed by atoms with Crippen LogP contribution >= 0.6 is 24.6 Å². The van der Waals surface area contributed by atoms with Crippen LogP contribution in [0.15, 0.2) is 91.3 Å². The molecule has 0 radical (unpaired) electrons. The predicted molar refractivity (Wildman–Crippen MR) is 296 cm³/mol. The Morgan fingerprint density at radius 2 is 1.15 bits per heavy atom. The highest BCUT2D eigenvalue weighted by Crippen LogP contribution is 2.26. The number of hydrogen-bond donors (Lipinski definition) is 12. The number of fused-ring (bicyclic) bond motifs is 2. The lowest BCUT2D eigenvalue weighted by molar-refractivity contribution is -0.141. The summed E-state index contributed by atoms with van der Waals surface area (Å²) in [5.74, 6) is -7.58. The summed E-state index contributed by atoms with van der Waals surface area (Å²) in [6.45, 7) is -0.556. The third kappa shape index (κ3) is 17.9. The predicted octanol–water partition coefficient (Wildman–Crippen LogP) is 1.71. The number of hydrogen-bond acceptors (Lipinski definition) is 13. The van der Waals surface area contributed by atoms with E-state index in [1.165, 1.54) is 0 Å². The SMILES string of the molecule is CNCCCCCCCC(=O)NC(Cc1ccccc1)C(=O)NCC(=O)NC(Cc1c[nH]c2ccccc12)C(=O)NC(Cc1c[nH]c2ccccc12)C(=O)NCC(=O)NC(CSC1CC(=O)N(CCC(=O)NS)C1=O)C(=O)O. The number of imide groups is 1. The van der Waals surface area contributed by atoms with Crippen LogP contribution < -0.4 is 41.9 Å². The van der Waals surface area contributed by atoms with Gasteiger partial charge in [-0.3, -0.25) is 48.1 Å². The molecular formula is C54H67N11O11S2. The van der Waals surface area contributed by atoms with Crippen molar-refractivity contribution in [3.8, 4) is 0 Å². The molecule has 416 valence electrons. The van der Waals surface area contributed by atoms with E-state index < -0.39 is 95.7 Å². The number of unbranched alkanes of at least 4 members (excludes halogenated alkanes) is 4. The number of aliphatic carboxylic acids is 1. The van der Waals surface area contributed by atoms with Crippen LogP contribution in [-0.4, -0.2) is 148 Å². The van der Waals surface area contributed by atoms with Crippen molar-refractivity contribution in [3.63, 3.8) is 0 Å². The smallest absolute Gasteiger partial charge is 0.327 e. The molecule has 0 aliphatic carbocycles. The zero-order valence-electron chi connectivity index (χ0n) is 43.2. The van der Waals surface area contributed by atoms with Gasteiger partial charge in [0.2, 0.25) is 53.2 Å². The van der Waals surface area contributed by atoms with Crippen molar-refractivity contribution in [1.29, 1.82) is 0 Å². The molecule has 5 aromatic rings. The fraction of sp³-hybridized carbons (Fsp3) is 0.407. The second-order valence-electron chi connectivity index (χ2n) is 18.8. The van der Waals surface area contributed by atoms with Gasteiger partial charge in [0.25, 0.3) is 0 Å². The first kappa shape index (κ1) is 59.5. The molecule has 5 atom stereocenters. The minimum Gasteiger partial charge on any atom is -0.480 e. The van der Waals surface area contributed by atoms with Gasteiger partial charge >= 0.3 is 5.97 Å². The lowest BCUT2D eigenvalue weighted by Crippen LogP contribution is -2.57. The molecule has 9 amide bonds. The second kappa shape index (κ2) is 30.3. The monoisotopic (exact) mass is 1110 g/mol. The maximum atomic E-state index is 14.6. The molecule has 1 fully saturated rings. The number of H-pyrrole nitrogens is 2. The topological polar surface area (TPSA) is 322 Å². The molecule has 24 heteroatoms. The second-order valence-corrected chi connectivity index (χ2v) is 20.3. The van der Waals surface area contributed by atoms with Gasteiger partial charge in [-0.1, -0.05) is 98.8 Å². The minimum atomic E-state index is -1.54. The number of benzene rings is 3. The number of carboxylic acid groups (broad SMARTS) is 1. The Morgan fingerprint density at radius 1 is 0.628 bits per heavy atom. The summed E-state index contributed by atoms with van der Waals surface area (Å²) in [4.78, 5) is 139. The molecule has 5 unspecified atom stereocenters. The van der Waals surface area contributed by atoms with Crippen molar-refractivity contribution in [2.45, 2.75) is 100 Å². The lowest BCUT2D eigenvalue weighted by atomic mass is 10.0. The summed E-state index contributed by atoms with van der Waals surface area (Å²) < 4.78 is 2.11. The quantitative estimate of drug-likeness (QED) is 0.0166. The molecule has 1 aliphatic rings. The van der Waals surface area contributed by atoms with E-state index in [4.69, 9.17) is 0 Å². The van der Waals surface area contributed by atoms with Crippen molar-refractivity contribution >= 4 is 106 Å². The Balaban J connectivity index is 1.13. The third-order valence-corrected chi connectivity index (χ3v) is 14.6. The zero-order chi connectivity index (χ0) is 56.0. The summed E-state index contributed by atoms with van der Waals surface area (Å²) in [5.41, 5.74) is 3.57. The number of rotatable bonds is 32. The Hall–Kier alpha value is -7.70. The van der Waals surface area contributed by atoms with E-state index in [0.717, 1.165) is 76.3 Å². The van der Waals surface area contributed by atoms with Gasteiger partial charge in [-0.15, -0.1) is 11.8 Å². The van der Waals surface area contributed by atoms with Crippen LogP contribution in [0, 0.1) is 0 Å². The van der Waals surface area contributed by atoms with Crippen molar-refractivity contribution in [3.05, 3.63) is 108 Å². The largest absolute Gasteiger partial charge is 0.480 e. The van der Waals surface area contributed by atoms with Gasteiger partial charge < -0.3 is 57.0 Å². The standard InChI is InChI=1S/C54H67N11O11S2/c1-55-22-13-4-2-3-8-20-45(66)60-40(24-33-14-6-5-7-15-33)50(71)58-30-47(68)61-42(26-35-29-57-39-19-12-10-17-37(35)39)52(73)63-41(25-34-28-56-38-18-11-9-16-36(34)38)51(72)59-31-48(69)62-43(54(75)76)32-78-44-27-49(70)65(53(44)74)23-21-46(67)64-77/h5-7,9-12,14-19,28-29,40-44,55-57,77H,2-4,8,13,20-27,30-32H2,1H3,(H,58,71)(H,59,72)(H,60,66)(H,61,68)(H,62,69)(H,63,73)(H,64,67)(H,75,76). The third-order valence-electron chi connectivity index (χ3n) is 13.1. The molecule has 0 spiro atoms. The van der Waals surface area contributed by atoms with E-state index >= 15 is 0 Å². The number of nitrogens with one attached hydrogen (secondary N) is 10. The van der Waals surface area contributed by atoms with Crippen LogP contribution in [0.5, 0.6) is 0 Å². The molecule has 1 aliphatic heterocycles. The van der Waals surface area contributed by atoms with E-state index in [9.17, 15) is 53.1 Å². The number of thioether (sulfide) groups is 1. The summed E-state index contributed by atoms with van der Waals surface area (Å²) in [6, 6.07) is 18.5. The van der Waals surface area contributed by atoms with Gasteiger partial charge in [-0.05, 0) is 55.3 Å². The number of carbonyl (C=O) groups is 10. The van der Waals surface area contributed by atoms with Crippen LogP contribution in [0.2, 0.25) is 0 Å². The number of carbonyl (C=O) groups excluding carboxylic acids is 9. The number of aromatic nitrogens is 2. The normalized spacial score (nSPS) is 14.7. The molecule has 1 saturated heterocycles. The average molecular weight is 1110 g/mol. The Kier molecular flexibility index (Phi) is 23.1. The van der Waals surface area contributed by atoms with Gasteiger partial charge in [-0.2, -0.15) is 0 Å². The number of para-hydroxylation sites is 2. The molecule has 6 rings (SSSR count). The molecule has 2 aromatic heterocycles. The van der Waals surface area contributed by atoms with E-state index in [1.54, 1.807) is 18.5 Å². The number of carboxylic acids is 1. The molecule has 78 heavy (non-hydrogen) atoms. The molecule has 0 bridgehead atoms. The highest BCUT2D eigenvalue weighted by Gasteiger charge is 2.40. The maximum Gasteiger partial charge on any atom is 0.327 e. The molecule has 11 N–H and O–H groups in total. The van der Waals surface area contributed by atoms with Crippen LogP contribution in [0.4, 0.5) is 0 Å². The first-order valence-corrected chi connectivity index (χ1v) is 27.3. The fourth-order valence-corrected chi connectivity index (χ4v) is 10.2. The molecule has 0 saturated carbocycles. The maximum absolute atomic E-state index is 14.6. The van der Waals surface area contributed by atoms with E-state index in [-0.39, 0.29) is 56.7 Å². The van der Waals surface area contributed by atoms with Gasteiger partial charge in [0.1, 0.15) is 24.2 Å². The van der Waals surface area contributed by atoms with Crippen LogP contribution in [0.25, 0.3) is 21.8 Å². The van der Waals surface area contributed by atoms with Crippen molar-refractivity contribution in [2.24, 2.45) is 0 Å². The Labute approximate surface area is 460 Å². The number of aromatic amines is 2. The first-order valence-electron chi connectivity index (χ1n) is 25.8. The van der Waals surface area contributed by atoms with Crippen LogP contribution in [-0.2, 0) is 67.2 Å². The van der Waals surface area contributed by atoms with Crippen LogP contribution in [0.3, 0.4) is 0 Å². The highest BCUT2D eigenvalue weighted by molar-refractivity contribution is 8.00. The van der Waals surface area contributed by atoms with E-state index in [2.05, 4.69) is 64.7 Å². The number of likely N-dealkylation sites (tertiary alicyclic amines) is 1. The fourth-order valence-electron chi connectivity index (χ4n) is 8.92. The molecular weight excluding hydrogens is 1040 g/mol. The van der Waals surface area contributed by atoms with Gasteiger partial charge in [0.05, 0.1) is 18.3 Å². The van der Waals surface area contributed by atoms with E-state index in [0.29, 0.717) is 17.5 Å². The van der Waals surface area contributed by atoms with Gasteiger partial charge in [0, 0.05) is 85.0 Å². The highest BCUT2D eigenvalue weighted by atomic mass is 32.2. The molecule has 22 nitrogen and oxygen atoms in total. The zero-order valence-corrected chi connectivity index (χ0v) is 44.9. The summed E-state index contributed by atoms with van der Waals surface area (Å²) in [5, 5.41) is 29.5. The lowest BCUT2D eigenvalue weighted by Gasteiger charge is -2.24. The molecule has 3 heterocycles. The minimum absolute atomic E-state index is 0.0675. The van der Waals surface area contributed by atoms with E-state index in [1.807, 2.05) is 79.8 Å². The van der Waals surface area contributed by atoms with Crippen molar-refractivity contribution < 1.29 is 53.1 Å². The van der Waals surface area contributed by atoms with Gasteiger partial charge in [0.15, 0.2) is 0 Å². The van der Waals surface area contributed by atoms with Gasteiger partial charge in [-0.25, -0.2) is 4.79 Å². The first-order chi connectivity index (χ1) is 37.6. The Morgan fingerprint density at radius 3 is 1.74 bits per heavy atom. The van der Waals surface area contributed by atoms with Crippen molar-refractivity contribution in [2.75, 3.05) is 39.0 Å². The number of thiol groups is 1. The number of amides is 9. The molecule has 3 aromatic carbocycles. The van der Waals surface area contributed by atoms with Crippen molar-refractivity contribution in [1.82, 2.24) is 56.8 Å². The average Bonchev–Trinajstić information content (AvgIpc) is 4.12. The summed E-state index contributed by atoms with van der Waals surface area (Å²) in [7, 11) is 1.90. The summed E-state index contributed by atoms with van der Waals surface area (Å²) in [6.07, 6.45) is 7.76. The Bertz CT molecular complexity index is 2920.